The molecule has 7 heteroatoms. The highest BCUT2D eigenvalue weighted by molar-refractivity contribution is 5.68. The maximum Gasteiger partial charge on any atom is 0.410 e. The summed E-state index contributed by atoms with van der Waals surface area (Å²) >= 11 is 0. The van der Waals surface area contributed by atoms with Gasteiger partial charge in [0.2, 0.25) is 0 Å². The lowest BCUT2D eigenvalue weighted by Crippen LogP contribution is -2.41. The molecule has 0 saturated carbocycles. The molecule has 1 aliphatic rings. The molecule has 0 spiro atoms. The quantitative estimate of drug-likeness (QED) is 0.566. The fourth-order valence-corrected chi connectivity index (χ4v) is 3.82. The second kappa shape index (κ2) is 9.47. The van der Waals surface area contributed by atoms with E-state index in [4.69, 9.17) is 9.47 Å². The number of nitrogens with zero attached hydrogens (tertiary/aromatic N) is 4. The van der Waals surface area contributed by atoms with Crippen molar-refractivity contribution in [1.29, 1.82) is 0 Å². The zero-order valence-corrected chi connectivity index (χ0v) is 17.6. The number of ether oxygens (including phenoxy) is 2. The number of carbonyl (C=O) groups excluding carboxylic acids is 1. The normalized spacial score (nSPS) is 16.2. The second-order valence-corrected chi connectivity index (χ2v) is 7.70. The van der Waals surface area contributed by atoms with E-state index >= 15 is 0 Å². The van der Waals surface area contributed by atoms with Gasteiger partial charge in [0.25, 0.3) is 0 Å². The first-order chi connectivity index (χ1) is 15.1. The highest BCUT2D eigenvalue weighted by Gasteiger charge is 2.30. The van der Waals surface area contributed by atoms with Gasteiger partial charge in [0.05, 0.1) is 13.7 Å². The van der Waals surface area contributed by atoms with Crippen LogP contribution in [0, 0.1) is 0 Å². The van der Waals surface area contributed by atoms with Crippen molar-refractivity contribution in [2.45, 2.75) is 25.5 Å². The Morgan fingerprint density at radius 2 is 1.90 bits per heavy atom. The lowest BCUT2D eigenvalue weighted by molar-refractivity contribution is 0.0920. The number of piperidine rings is 1. The van der Waals surface area contributed by atoms with Crippen molar-refractivity contribution in [3.05, 3.63) is 90.0 Å². The number of hydrogen-bond donors (Lipinski definition) is 0. The number of likely N-dealkylation sites (tertiary alicyclic amines) is 1. The third-order valence-corrected chi connectivity index (χ3v) is 5.36. The maximum atomic E-state index is 12.7. The Morgan fingerprint density at radius 3 is 2.65 bits per heavy atom. The van der Waals surface area contributed by atoms with E-state index in [2.05, 4.69) is 16.7 Å². The Balaban J connectivity index is 1.43. The molecule has 1 aromatic heterocycles. The van der Waals surface area contributed by atoms with Gasteiger partial charge in [0.15, 0.2) is 0 Å². The Morgan fingerprint density at radius 1 is 1.13 bits per heavy atom. The van der Waals surface area contributed by atoms with Crippen LogP contribution in [0.4, 0.5) is 4.79 Å². The van der Waals surface area contributed by atoms with Crippen LogP contribution in [0.3, 0.4) is 0 Å². The first kappa shape index (κ1) is 20.7. The molecule has 0 bridgehead atoms. The number of hydrogen-bond acceptors (Lipinski definition) is 5. The van der Waals surface area contributed by atoms with E-state index in [0.717, 1.165) is 34.7 Å². The van der Waals surface area contributed by atoms with E-state index in [0.29, 0.717) is 19.6 Å². The van der Waals surface area contributed by atoms with Gasteiger partial charge in [-0.2, -0.15) is 5.10 Å². The minimum Gasteiger partial charge on any atom is -0.497 e. The van der Waals surface area contributed by atoms with Crippen molar-refractivity contribution >= 4 is 6.09 Å². The standard InChI is InChI=1S/C24H26N4O3/c1-18-12-21(15-27(13-18)24(29)31-16-20-6-4-3-5-7-20)23-25-17-26-28(23)14-19-8-10-22(30-2)11-9-19/h3-11,17,21H,1,12-16H2,2H3. The second-order valence-electron chi connectivity index (χ2n) is 7.70. The van der Waals surface area contributed by atoms with Crippen molar-refractivity contribution in [1.82, 2.24) is 19.7 Å². The molecule has 1 saturated heterocycles. The van der Waals surface area contributed by atoms with Crippen molar-refractivity contribution in [3.63, 3.8) is 0 Å². The Labute approximate surface area is 181 Å². The molecule has 160 valence electrons. The average Bonchev–Trinajstić information content (AvgIpc) is 3.26. The first-order valence-electron chi connectivity index (χ1n) is 10.3. The summed E-state index contributed by atoms with van der Waals surface area (Å²) in [5, 5.41) is 4.41. The van der Waals surface area contributed by atoms with Gasteiger partial charge in [-0.3, -0.25) is 0 Å². The fraction of sp³-hybridized carbons (Fsp3) is 0.292. The Bertz CT molecular complexity index is 1030. The van der Waals surface area contributed by atoms with E-state index in [1.807, 2.05) is 59.3 Å². The van der Waals surface area contributed by atoms with E-state index < -0.39 is 0 Å². The molecular weight excluding hydrogens is 392 g/mol. The smallest absolute Gasteiger partial charge is 0.410 e. The van der Waals surface area contributed by atoms with Gasteiger partial charge in [-0.25, -0.2) is 14.5 Å². The summed E-state index contributed by atoms with van der Waals surface area (Å²) in [7, 11) is 1.65. The van der Waals surface area contributed by atoms with Gasteiger partial charge >= 0.3 is 6.09 Å². The third-order valence-electron chi connectivity index (χ3n) is 5.36. The van der Waals surface area contributed by atoms with Crippen LogP contribution in [-0.2, 0) is 17.9 Å². The fourth-order valence-electron chi connectivity index (χ4n) is 3.82. The molecule has 2 aromatic carbocycles. The van der Waals surface area contributed by atoms with E-state index in [9.17, 15) is 4.79 Å². The van der Waals surface area contributed by atoms with Crippen LogP contribution in [0.25, 0.3) is 0 Å². The molecule has 1 atom stereocenters. The summed E-state index contributed by atoms with van der Waals surface area (Å²) in [6, 6.07) is 17.5. The molecule has 3 aromatic rings. The van der Waals surface area contributed by atoms with Crippen LogP contribution in [0.2, 0.25) is 0 Å². The SMILES string of the molecule is C=C1CC(c2ncnn2Cc2ccc(OC)cc2)CN(C(=O)OCc2ccccc2)C1. The molecule has 0 radical (unpaired) electrons. The van der Waals surface area contributed by atoms with Crippen molar-refractivity contribution in [2.24, 2.45) is 0 Å². The van der Waals surface area contributed by atoms with Crippen molar-refractivity contribution in [3.8, 4) is 5.75 Å². The Hall–Kier alpha value is -3.61. The molecular formula is C24H26N4O3. The van der Waals surface area contributed by atoms with Crippen LogP contribution >= 0.6 is 0 Å². The number of amides is 1. The molecule has 0 N–H and O–H groups in total. The first-order valence-corrected chi connectivity index (χ1v) is 10.3. The maximum absolute atomic E-state index is 12.7. The largest absolute Gasteiger partial charge is 0.497 e. The highest BCUT2D eigenvalue weighted by atomic mass is 16.6. The van der Waals surface area contributed by atoms with Crippen LogP contribution in [0.5, 0.6) is 5.75 Å². The van der Waals surface area contributed by atoms with Gasteiger partial charge in [0, 0.05) is 19.0 Å². The number of benzene rings is 2. The van der Waals surface area contributed by atoms with Gasteiger partial charge in [0.1, 0.15) is 24.5 Å². The molecule has 2 heterocycles. The zero-order valence-electron chi connectivity index (χ0n) is 17.6. The molecule has 1 unspecified atom stereocenters. The van der Waals surface area contributed by atoms with Gasteiger partial charge in [-0.15, -0.1) is 0 Å². The average molecular weight is 418 g/mol. The summed E-state index contributed by atoms with van der Waals surface area (Å²) in [6.07, 6.45) is 1.99. The number of carbonyl (C=O) groups is 1. The van der Waals surface area contributed by atoms with Crippen molar-refractivity contribution in [2.75, 3.05) is 20.2 Å². The van der Waals surface area contributed by atoms with Crippen molar-refractivity contribution < 1.29 is 14.3 Å². The molecule has 4 rings (SSSR count). The van der Waals surface area contributed by atoms with Crippen LogP contribution in [-0.4, -0.2) is 46.0 Å². The zero-order chi connectivity index (χ0) is 21.6. The van der Waals surface area contributed by atoms with Gasteiger partial charge in [-0.05, 0) is 29.7 Å². The van der Waals surface area contributed by atoms with Gasteiger partial charge in [-0.1, -0.05) is 54.6 Å². The topological polar surface area (TPSA) is 69.5 Å². The lowest BCUT2D eigenvalue weighted by Gasteiger charge is -2.33. The summed E-state index contributed by atoms with van der Waals surface area (Å²) in [5.74, 6) is 1.68. The number of methoxy groups -OCH3 is 1. The third kappa shape index (κ3) is 5.12. The number of rotatable bonds is 6. The molecule has 31 heavy (non-hydrogen) atoms. The monoisotopic (exact) mass is 418 g/mol. The molecule has 7 nitrogen and oxygen atoms in total. The minimum atomic E-state index is -0.337. The van der Waals surface area contributed by atoms with E-state index in [1.165, 1.54) is 0 Å². The predicted octanol–water partition coefficient (Wildman–Crippen LogP) is 4.02. The lowest BCUT2D eigenvalue weighted by atomic mass is 9.94. The van der Waals surface area contributed by atoms with Gasteiger partial charge < -0.3 is 14.4 Å². The van der Waals surface area contributed by atoms with Crippen LogP contribution in [0.1, 0.15) is 29.3 Å². The molecule has 1 amide bonds. The summed E-state index contributed by atoms with van der Waals surface area (Å²) in [6.45, 7) is 6.00. The minimum absolute atomic E-state index is 0.0197. The molecule has 1 aliphatic heterocycles. The summed E-state index contributed by atoms with van der Waals surface area (Å²) < 4.78 is 12.6. The van der Waals surface area contributed by atoms with E-state index in [-0.39, 0.29) is 18.6 Å². The molecule has 1 fully saturated rings. The Kier molecular flexibility index (Phi) is 6.31. The van der Waals surface area contributed by atoms with Crippen LogP contribution in [0.15, 0.2) is 73.1 Å². The summed E-state index contributed by atoms with van der Waals surface area (Å²) in [4.78, 5) is 18.9. The molecule has 0 aliphatic carbocycles. The van der Waals surface area contributed by atoms with E-state index in [1.54, 1.807) is 18.3 Å². The summed E-state index contributed by atoms with van der Waals surface area (Å²) in [5.41, 5.74) is 3.04. The number of aromatic nitrogens is 3. The highest BCUT2D eigenvalue weighted by Crippen LogP contribution is 2.29. The van der Waals surface area contributed by atoms with Crippen LogP contribution < -0.4 is 4.74 Å². The predicted molar refractivity (Wildman–Crippen MR) is 117 cm³/mol.